The Morgan fingerprint density at radius 1 is 0.913 bits per heavy atom. The van der Waals surface area contributed by atoms with Crippen LogP contribution in [0.1, 0.15) is 21.5 Å². The predicted octanol–water partition coefficient (Wildman–Crippen LogP) is 4.69. The number of pyridine rings is 1. The number of carbonyl (C=O) groups excluding carboxylic acids is 1. The van der Waals surface area contributed by atoms with E-state index in [1.807, 2.05) is 54.6 Å². The van der Waals surface area contributed by atoms with Crippen molar-refractivity contribution in [2.24, 2.45) is 0 Å². The summed E-state index contributed by atoms with van der Waals surface area (Å²) in [5.74, 6) is -0.126. The SMILES string of the molecule is O=C(Nc1ccc(Cc2ccncc2)cc1)c1ccccc1Br. The number of nitrogens with one attached hydrogen (secondary N) is 1. The molecule has 0 bridgehead atoms. The number of halogens is 1. The maximum atomic E-state index is 12.3. The maximum Gasteiger partial charge on any atom is 0.256 e. The average Bonchev–Trinajstić information content (AvgIpc) is 2.58. The molecular formula is C19H15BrN2O. The number of anilines is 1. The maximum absolute atomic E-state index is 12.3. The quantitative estimate of drug-likeness (QED) is 0.727. The number of carbonyl (C=O) groups is 1. The van der Waals surface area contributed by atoms with E-state index in [0.717, 1.165) is 16.6 Å². The van der Waals surface area contributed by atoms with Gasteiger partial charge in [-0.2, -0.15) is 0 Å². The van der Waals surface area contributed by atoms with Crippen molar-refractivity contribution in [1.82, 2.24) is 4.98 Å². The van der Waals surface area contributed by atoms with Crippen LogP contribution >= 0.6 is 15.9 Å². The fourth-order valence-corrected chi connectivity index (χ4v) is 2.75. The lowest BCUT2D eigenvalue weighted by atomic mass is 10.1. The minimum absolute atomic E-state index is 0.126. The Bertz CT molecular complexity index is 801. The van der Waals surface area contributed by atoms with E-state index in [9.17, 15) is 4.79 Å². The molecule has 0 saturated heterocycles. The Labute approximate surface area is 143 Å². The molecular weight excluding hydrogens is 352 g/mol. The molecule has 1 heterocycles. The van der Waals surface area contributed by atoms with Crippen molar-refractivity contribution in [3.8, 4) is 0 Å². The number of rotatable bonds is 4. The van der Waals surface area contributed by atoms with Crippen LogP contribution < -0.4 is 5.32 Å². The zero-order valence-electron chi connectivity index (χ0n) is 12.4. The predicted molar refractivity (Wildman–Crippen MR) is 95.6 cm³/mol. The van der Waals surface area contributed by atoms with Crippen LogP contribution in [0.3, 0.4) is 0 Å². The van der Waals surface area contributed by atoms with Crippen molar-refractivity contribution < 1.29 is 4.79 Å². The van der Waals surface area contributed by atoms with E-state index >= 15 is 0 Å². The van der Waals surface area contributed by atoms with E-state index in [1.54, 1.807) is 18.5 Å². The molecule has 0 saturated carbocycles. The van der Waals surface area contributed by atoms with Crippen molar-refractivity contribution in [3.63, 3.8) is 0 Å². The van der Waals surface area contributed by atoms with Gasteiger partial charge >= 0.3 is 0 Å². The minimum Gasteiger partial charge on any atom is -0.322 e. The first-order valence-corrected chi connectivity index (χ1v) is 8.05. The topological polar surface area (TPSA) is 42.0 Å². The van der Waals surface area contributed by atoms with Gasteiger partial charge in [0.05, 0.1) is 5.56 Å². The third kappa shape index (κ3) is 4.05. The lowest BCUT2D eigenvalue weighted by molar-refractivity contribution is 0.102. The molecule has 0 radical (unpaired) electrons. The Morgan fingerprint density at radius 3 is 2.26 bits per heavy atom. The summed E-state index contributed by atoms with van der Waals surface area (Å²) in [6.07, 6.45) is 4.43. The number of nitrogens with zero attached hydrogens (tertiary/aromatic N) is 1. The van der Waals surface area contributed by atoms with Crippen LogP contribution in [-0.4, -0.2) is 10.9 Å². The zero-order valence-corrected chi connectivity index (χ0v) is 14.0. The third-order valence-corrected chi connectivity index (χ3v) is 4.18. The molecule has 23 heavy (non-hydrogen) atoms. The second-order valence-electron chi connectivity index (χ2n) is 5.16. The Balaban J connectivity index is 1.68. The van der Waals surface area contributed by atoms with E-state index in [1.165, 1.54) is 11.1 Å². The number of aromatic nitrogens is 1. The summed E-state index contributed by atoms with van der Waals surface area (Å²) in [6.45, 7) is 0. The van der Waals surface area contributed by atoms with Crippen molar-refractivity contribution in [1.29, 1.82) is 0 Å². The Hall–Kier alpha value is -2.46. The fourth-order valence-electron chi connectivity index (χ4n) is 2.29. The monoisotopic (exact) mass is 366 g/mol. The van der Waals surface area contributed by atoms with Gasteiger partial charge in [0.1, 0.15) is 0 Å². The second kappa shape index (κ2) is 7.20. The molecule has 3 aromatic rings. The first-order chi connectivity index (χ1) is 11.2. The van der Waals surface area contributed by atoms with E-state index in [0.29, 0.717) is 5.56 Å². The molecule has 114 valence electrons. The van der Waals surface area contributed by atoms with E-state index in [-0.39, 0.29) is 5.91 Å². The summed E-state index contributed by atoms with van der Waals surface area (Å²) in [7, 11) is 0. The normalized spacial score (nSPS) is 10.3. The van der Waals surface area contributed by atoms with Crippen LogP contribution in [0.4, 0.5) is 5.69 Å². The highest BCUT2D eigenvalue weighted by molar-refractivity contribution is 9.10. The van der Waals surface area contributed by atoms with Crippen LogP contribution in [0.5, 0.6) is 0 Å². The lowest BCUT2D eigenvalue weighted by Gasteiger charge is -2.08. The summed E-state index contributed by atoms with van der Waals surface area (Å²) < 4.78 is 0.784. The summed E-state index contributed by atoms with van der Waals surface area (Å²) >= 11 is 3.39. The highest BCUT2D eigenvalue weighted by Gasteiger charge is 2.09. The van der Waals surface area contributed by atoms with Gasteiger partial charge in [-0.05, 0) is 69.9 Å². The van der Waals surface area contributed by atoms with Crippen LogP contribution in [0.2, 0.25) is 0 Å². The smallest absolute Gasteiger partial charge is 0.256 e. The van der Waals surface area contributed by atoms with E-state index < -0.39 is 0 Å². The lowest BCUT2D eigenvalue weighted by Crippen LogP contribution is -2.12. The molecule has 0 aliphatic carbocycles. The summed E-state index contributed by atoms with van der Waals surface area (Å²) in [5, 5.41) is 2.91. The number of hydrogen-bond acceptors (Lipinski definition) is 2. The fraction of sp³-hybridized carbons (Fsp3) is 0.0526. The van der Waals surface area contributed by atoms with Crippen molar-refractivity contribution >= 4 is 27.5 Å². The number of benzene rings is 2. The van der Waals surface area contributed by atoms with Crippen LogP contribution in [0, 0.1) is 0 Å². The van der Waals surface area contributed by atoms with Gasteiger partial charge in [0.2, 0.25) is 0 Å². The molecule has 1 amide bonds. The summed E-state index contributed by atoms with van der Waals surface area (Å²) in [4.78, 5) is 16.3. The molecule has 0 atom stereocenters. The van der Waals surface area contributed by atoms with Crippen LogP contribution in [0.25, 0.3) is 0 Å². The van der Waals surface area contributed by atoms with Crippen LogP contribution in [-0.2, 0) is 6.42 Å². The van der Waals surface area contributed by atoms with Crippen LogP contribution in [0.15, 0.2) is 77.5 Å². The third-order valence-electron chi connectivity index (χ3n) is 3.49. The largest absolute Gasteiger partial charge is 0.322 e. The van der Waals surface area contributed by atoms with Crippen molar-refractivity contribution in [3.05, 3.63) is 94.2 Å². The highest BCUT2D eigenvalue weighted by atomic mass is 79.9. The van der Waals surface area contributed by atoms with Gasteiger partial charge in [-0.1, -0.05) is 24.3 Å². The molecule has 0 aliphatic heterocycles. The standard InChI is InChI=1S/C19H15BrN2O/c20-18-4-2-1-3-17(18)19(23)22-16-7-5-14(6-8-16)13-15-9-11-21-12-10-15/h1-12H,13H2,(H,22,23). The van der Waals surface area contributed by atoms with Gasteiger partial charge in [0.15, 0.2) is 0 Å². The van der Waals surface area contributed by atoms with Gasteiger partial charge in [-0.25, -0.2) is 0 Å². The van der Waals surface area contributed by atoms with E-state index in [4.69, 9.17) is 0 Å². The minimum atomic E-state index is -0.126. The number of hydrogen-bond donors (Lipinski definition) is 1. The first kappa shape index (κ1) is 15.4. The van der Waals surface area contributed by atoms with Crippen molar-refractivity contribution in [2.45, 2.75) is 6.42 Å². The first-order valence-electron chi connectivity index (χ1n) is 7.26. The van der Waals surface area contributed by atoms with Gasteiger partial charge in [-0.15, -0.1) is 0 Å². The molecule has 3 rings (SSSR count). The molecule has 3 nitrogen and oxygen atoms in total. The molecule has 2 aromatic carbocycles. The number of amides is 1. The van der Waals surface area contributed by atoms with Gasteiger partial charge in [-0.3, -0.25) is 9.78 Å². The second-order valence-corrected chi connectivity index (χ2v) is 6.02. The Morgan fingerprint density at radius 2 is 1.57 bits per heavy atom. The molecule has 0 aliphatic rings. The summed E-state index contributed by atoms with van der Waals surface area (Å²) in [6, 6.07) is 19.3. The van der Waals surface area contributed by atoms with Crippen molar-refractivity contribution in [2.75, 3.05) is 5.32 Å². The zero-order chi connectivity index (χ0) is 16.1. The molecule has 1 N–H and O–H groups in total. The average molecular weight is 367 g/mol. The molecule has 1 aromatic heterocycles. The molecule has 0 spiro atoms. The van der Waals surface area contributed by atoms with E-state index in [2.05, 4.69) is 26.2 Å². The molecule has 4 heteroatoms. The Kier molecular flexibility index (Phi) is 4.83. The molecule has 0 unspecified atom stereocenters. The van der Waals surface area contributed by atoms with Gasteiger partial charge in [0, 0.05) is 22.6 Å². The highest BCUT2D eigenvalue weighted by Crippen LogP contribution is 2.18. The van der Waals surface area contributed by atoms with Gasteiger partial charge in [0.25, 0.3) is 5.91 Å². The van der Waals surface area contributed by atoms with Gasteiger partial charge < -0.3 is 5.32 Å². The molecule has 0 fully saturated rings. The summed E-state index contributed by atoms with van der Waals surface area (Å²) in [5.41, 5.74) is 3.80.